The second-order valence-corrected chi connectivity index (χ2v) is 12.7. The minimum absolute atomic E-state index is 0.103. The molecule has 5 aromatic rings. The van der Waals surface area contributed by atoms with Gasteiger partial charge in [0.05, 0.1) is 10.8 Å². The highest BCUT2D eigenvalue weighted by Crippen LogP contribution is 2.36. The molecule has 5 rings (SSSR count). The van der Waals surface area contributed by atoms with Crippen LogP contribution in [0.15, 0.2) is 118 Å². The molecule has 3 aromatic carbocycles. The van der Waals surface area contributed by atoms with E-state index in [0.717, 1.165) is 20.9 Å². The molecule has 2 heterocycles. The molecule has 0 aliphatic heterocycles. The van der Waals surface area contributed by atoms with Gasteiger partial charge < -0.3 is 16.0 Å². The van der Waals surface area contributed by atoms with E-state index in [1.807, 2.05) is 65.4 Å². The average Bonchev–Trinajstić information content (AvgIpc) is 3.71. The summed E-state index contributed by atoms with van der Waals surface area (Å²) < 4.78 is 0. The maximum atomic E-state index is 13.3. The van der Waals surface area contributed by atoms with Gasteiger partial charge in [-0.05, 0) is 60.3 Å². The lowest BCUT2D eigenvalue weighted by atomic mass is 10.1. The first-order chi connectivity index (χ1) is 21.4. The van der Waals surface area contributed by atoms with Crippen molar-refractivity contribution in [3.05, 3.63) is 130 Å². The van der Waals surface area contributed by atoms with Crippen LogP contribution in [0.5, 0.6) is 0 Å². The standard InChI is InChI=1S/C34H26N4O3S3/c1-22(31(39)38-34-28(20-35)29(21-43-34)23-10-4-2-5-11-23)44-27-15-8-14-25(18-27)36-33(41)30(19-26-16-9-17-42-26)37-32(40)24-12-6-3-7-13-24/h2-19,21-22H,1H3,(H,36,41)(H,37,40)(H,38,39)/b30-19-. The van der Waals surface area contributed by atoms with E-state index in [0.29, 0.717) is 21.8 Å². The lowest BCUT2D eigenvalue weighted by Gasteiger charge is -2.14. The number of amides is 3. The van der Waals surface area contributed by atoms with Crippen molar-refractivity contribution in [3.8, 4) is 17.2 Å². The molecule has 0 aliphatic rings. The second-order valence-electron chi connectivity index (χ2n) is 9.46. The van der Waals surface area contributed by atoms with E-state index in [-0.39, 0.29) is 11.6 Å². The van der Waals surface area contributed by atoms with E-state index >= 15 is 0 Å². The summed E-state index contributed by atoms with van der Waals surface area (Å²) in [6.07, 6.45) is 1.63. The minimum atomic E-state index is -0.491. The Morgan fingerprint density at radius 1 is 0.886 bits per heavy atom. The number of carbonyl (C=O) groups is 3. The molecule has 0 aliphatic carbocycles. The summed E-state index contributed by atoms with van der Waals surface area (Å²) in [5.41, 5.74) is 3.17. The number of rotatable bonds is 10. The zero-order valence-electron chi connectivity index (χ0n) is 23.4. The summed E-state index contributed by atoms with van der Waals surface area (Å²) in [6, 6.07) is 31.4. The highest BCUT2D eigenvalue weighted by molar-refractivity contribution is 8.00. The van der Waals surface area contributed by atoms with Gasteiger partial charge in [-0.1, -0.05) is 60.7 Å². The van der Waals surface area contributed by atoms with Crippen LogP contribution in [0.2, 0.25) is 0 Å². The maximum absolute atomic E-state index is 13.3. The SMILES string of the molecule is CC(Sc1cccc(NC(=O)/C(=C/c2cccs2)NC(=O)c2ccccc2)c1)C(=O)Nc1scc(-c2ccccc2)c1C#N. The molecule has 10 heteroatoms. The smallest absolute Gasteiger partial charge is 0.272 e. The number of thioether (sulfide) groups is 1. The lowest BCUT2D eigenvalue weighted by Crippen LogP contribution is -2.30. The maximum Gasteiger partial charge on any atom is 0.272 e. The van der Waals surface area contributed by atoms with E-state index in [4.69, 9.17) is 0 Å². The molecule has 0 radical (unpaired) electrons. The normalized spacial score (nSPS) is 11.7. The third-order valence-corrected chi connectivity index (χ3v) is 9.17. The molecule has 1 atom stereocenters. The van der Waals surface area contributed by atoms with Crippen LogP contribution in [0, 0.1) is 11.3 Å². The molecule has 44 heavy (non-hydrogen) atoms. The molecule has 0 spiro atoms. The van der Waals surface area contributed by atoms with Gasteiger partial charge >= 0.3 is 0 Å². The van der Waals surface area contributed by atoms with Crippen molar-refractivity contribution < 1.29 is 14.4 Å². The minimum Gasteiger partial charge on any atom is -0.321 e. The molecule has 3 N–H and O–H groups in total. The number of thiophene rings is 2. The Kier molecular flexibility index (Phi) is 10.0. The Hall–Kier alpha value is -4.95. The Bertz CT molecular complexity index is 1840. The predicted molar refractivity (Wildman–Crippen MR) is 180 cm³/mol. The largest absolute Gasteiger partial charge is 0.321 e. The van der Waals surface area contributed by atoms with Gasteiger partial charge in [0.2, 0.25) is 5.91 Å². The number of hydrogen-bond acceptors (Lipinski definition) is 7. The first-order valence-corrected chi connectivity index (χ1v) is 16.1. The van der Waals surface area contributed by atoms with E-state index in [1.165, 1.54) is 34.4 Å². The Labute approximate surface area is 267 Å². The summed E-state index contributed by atoms with van der Waals surface area (Å²) in [7, 11) is 0. The Morgan fingerprint density at radius 3 is 2.34 bits per heavy atom. The molecule has 0 bridgehead atoms. The fourth-order valence-electron chi connectivity index (χ4n) is 4.17. The summed E-state index contributed by atoms with van der Waals surface area (Å²) in [5.74, 6) is -1.12. The zero-order valence-corrected chi connectivity index (χ0v) is 25.9. The van der Waals surface area contributed by atoms with Crippen molar-refractivity contribution >= 4 is 68.9 Å². The van der Waals surface area contributed by atoms with Crippen molar-refractivity contribution in [1.82, 2.24) is 5.32 Å². The van der Waals surface area contributed by atoms with Gasteiger partial charge in [0.15, 0.2) is 0 Å². The molecule has 1 unspecified atom stereocenters. The average molecular weight is 635 g/mol. The number of anilines is 2. The van der Waals surface area contributed by atoms with Crippen LogP contribution >= 0.6 is 34.4 Å². The Morgan fingerprint density at radius 2 is 1.64 bits per heavy atom. The second kappa shape index (κ2) is 14.5. The molecule has 7 nitrogen and oxygen atoms in total. The third-order valence-electron chi connectivity index (χ3n) is 6.36. The van der Waals surface area contributed by atoms with Gasteiger partial charge in [-0.3, -0.25) is 14.4 Å². The summed E-state index contributed by atoms with van der Waals surface area (Å²) in [6.45, 7) is 1.78. The quantitative estimate of drug-likeness (QED) is 0.107. The fraction of sp³-hybridized carbons (Fsp3) is 0.0588. The third kappa shape index (κ3) is 7.71. The first-order valence-electron chi connectivity index (χ1n) is 13.5. The summed E-state index contributed by atoms with van der Waals surface area (Å²) in [4.78, 5) is 40.8. The van der Waals surface area contributed by atoms with Crippen LogP contribution in [0.1, 0.15) is 27.7 Å². The Balaban J connectivity index is 1.26. The van der Waals surface area contributed by atoms with E-state index < -0.39 is 17.1 Å². The van der Waals surface area contributed by atoms with Gasteiger partial charge in [0.25, 0.3) is 11.8 Å². The van der Waals surface area contributed by atoms with E-state index in [1.54, 1.807) is 55.5 Å². The monoisotopic (exact) mass is 634 g/mol. The zero-order chi connectivity index (χ0) is 30.9. The van der Waals surface area contributed by atoms with Gasteiger partial charge in [-0.25, -0.2) is 0 Å². The van der Waals surface area contributed by atoms with Gasteiger partial charge in [0, 0.05) is 32.0 Å². The highest BCUT2D eigenvalue weighted by Gasteiger charge is 2.20. The van der Waals surface area contributed by atoms with Crippen LogP contribution in [-0.4, -0.2) is 23.0 Å². The molecule has 0 saturated heterocycles. The van der Waals surface area contributed by atoms with Gasteiger partial charge in [-0.2, -0.15) is 5.26 Å². The number of nitrogens with zero attached hydrogens (tertiary/aromatic N) is 1. The first kappa shape index (κ1) is 30.5. The summed E-state index contributed by atoms with van der Waals surface area (Å²) in [5, 5.41) is 22.1. The molecule has 3 amide bonds. The number of hydrogen-bond donors (Lipinski definition) is 3. The molecular formula is C34H26N4O3S3. The number of nitrogens with one attached hydrogen (secondary N) is 3. The number of benzene rings is 3. The fourth-order valence-corrected chi connectivity index (χ4v) is 6.67. The number of nitriles is 1. The molecule has 218 valence electrons. The van der Waals surface area contributed by atoms with Crippen molar-refractivity contribution in [1.29, 1.82) is 5.26 Å². The number of carbonyl (C=O) groups excluding carboxylic acids is 3. The van der Waals surface area contributed by atoms with Crippen LogP contribution in [-0.2, 0) is 9.59 Å². The topological polar surface area (TPSA) is 111 Å². The van der Waals surface area contributed by atoms with Crippen LogP contribution in [0.4, 0.5) is 10.7 Å². The van der Waals surface area contributed by atoms with Gasteiger partial charge in [0.1, 0.15) is 16.8 Å². The predicted octanol–water partition coefficient (Wildman–Crippen LogP) is 7.88. The van der Waals surface area contributed by atoms with Crippen molar-refractivity contribution in [2.24, 2.45) is 0 Å². The van der Waals surface area contributed by atoms with E-state index in [9.17, 15) is 19.6 Å². The van der Waals surface area contributed by atoms with Crippen LogP contribution < -0.4 is 16.0 Å². The molecular weight excluding hydrogens is 609 g/mol. The van der Waals surface area contributed by atoms with Crippen molar-refractivity contribution in [2.45, 2.75) is 17.1 Å². The van der Waals surface area contributed by atoms with E-state index in [2.05, 4.69) is 22.0 Å². The molecule has 0 fully saturated rings. The van der Waals surface area contributed by atoms with Crippen molar-refractivity contribution in [2.75, 3.05) is 10.6 Å². The van der Waals surface area contributed by atoms with Crippen molar-refractivity contribution in [3.63, 3.8) is 0 Å². The lowest BCUT2D eigenvalue weighted by molar-refractivity contribution is -0.115. The summed E-state index contributed by atoms with van der Waals surface area (Å²) >= 11 is 4.09. The van der Waals surface area contributed by atoms with Crippen LogP contribution in [0.3, 0.4) is 0 Å². The van der Waals surface area contributed by atoms with Gasteiger partial charge in [-0.15, -0.1) is 34.4 Å². The molecule has 2 aromatic heterocycles. The molecule has 0 saturated carbocycles. The highest BCUT2D eigenvalue weighted by atomic mass is 32.2. The van der Waals surface area contributed by atoms with Crippen LogP contribution in [0.25, 0.3) is 17.2 Å².